The van der Waals surface area contributed by atoms with Crippen molar-refractivity contribution in [1.29, 1.82) is 0 Å². The van der Waals surface area contributed by atoms with Gasteiger partial charge >= 0.3 is 0 Å². The molecule has 90 valence electrons. The van der Waals surface area contributed by atoms with Crippen molar-refractivity contribution < 1.29 is 0 Å². The summed E-state index contributed by atoms with van der Waals surface area (Å²) in [6.45, 7) is 12.2. The zero-order valence-electron chi connectivity index (χ0n) is 11.3. The molecule has 1 rings (SSSR count). The highest BCUT2D eigenvalue weighted by atomic mass is 14.9. The lowest BCUT2D eigenvalue weighted by molar-refractivity contribution is 0.270. The monoisotopic (exact) mass is 219 g/mol. The molecule has 0 amide bonds. The maximum atomic E-state index is 3.59. The molecular weight excluding hydrogens is 194 g/mol. The van der Waals surface area contributed by atoms with Crippen LogP contribution >= 0.6 is 0 Å². The molecule has 0 aliphatic rings. The molecule has 1 atom stereocenters. The van der Waals surface area contributed by atoms with Crippen molar-refractivity contribution in [2.45, 2.75) is 47.1 Å². The lowest BCUT2D eigenvalue weighted by Crippen LogP contribution is -2.41. The Labute approximate surface area is 100 Å². The second-order valence-electron chi connectivity index (χ2n) is 5.67. The van der Waals surface area contributed by atoms with Crippen LogP contribution in [0.4, 0.5) is 0 Å². The number of hydrogen-bond donors (Lipinski definition) is 1. The number of nitrogens with one attached hydrogen (secondary N) is 1. The summed E-state index contributed by atoms with van der Waals surface area (Å²) in [6, 6.07) is 9.42. The number of rotatable bonds is 4. The Bertz CT molecular complexity index is 305. The number of likely N-dealkylation sites (N-methyl/N-ethyl adjacent to an activating group) is 1. The summed E-state index contributed by atoms with van der Waals surface area (Å²) < 4.78 is 0. The predicted molar refractivity (Wildman–Crippen MR) is 71.8 cm³/mol. The van der Waals surface area contributed by atoms with Crippen LogP contribution in [0.5, 0.6) is 0 Å². The zero-order chi connectivity index (χ0) is 12.2. The first-order valence-corrected chi connectivity index (χ1v) is 6.22. The molecule has 0 aromatic heterocycles. The fraction of sp³-hybridized carbons (Fsp3) is 0.600. The standard InChI is InChI=1S/C15H25N/c1-6-16-14(15(3,4)5)11-13-9-7-12(2)8-10-13/h7-10,14,16H,6,11H2,1-5H3. The number of benzene rings is 1. The quantitative estimate of drug-likeness (QED) is 0.816. The van der Waals surface area contributed by atoms with Gasteiger partial charge in [-0.3, -0.25) is 0 Å². The fourth-order valence-electron chi connectivity index (χ4n) is 1.89. The van der Waals surface area contributed by atoms with Crippen LogP contribution in [0.25, 0.3) is 0 Å². The van der Waals surface area contributed by atoms with E-state index in [9.17, 15) is 0 Å². The van der Waals surface area contributed by atoms with Crippen LogP contribution in [-0.4, -0.2) is 12.6 Å². The SMILES string of the molecule is CCNC(Cc1ccc(C)cc1)C(C)(C)C. The van der Waals surface area contributed by atoms with Crippen molar-refractivity contribution in [1.82, 2.24) is 5.32 Å². The highest BCUT2D eigenvalue weighted by molar-refractivity contribution is 5.22. The van der Waals surface area contributed by atoms with E-state index in [-0.39, 0.29) is 0 Å². The summed E-state index contributed by atoms with van der Waals surface area (Å²) in [6.07, 6.45) is 1.11. The minimum Gasteiger partial charge on any atom is -0.313 e. The van der Waals surface area contributed by atoms with E-state index in [1.54, 1.807) is 0 Å². The maximum Gasteiger partial charge on any atom is 0.0156 e. The Kier molecular flexibility index (Phi) is 4.55. The van der Waals surface area contributed by atoms with Crippen LogP contribution in [0.1, 0.15) is 38.8 Å². The predicted octanol–water partition coefficient (Wildman–Crippen LogP) is 3.56. The molecule has 0 fully saturated rings. The maximum absolute atomic E-state index is 3.59. The summed E-state index contributed by atoms with van der Waals surface area (Å²) in [5.74, 6) is 0. The van der Waals surface area contributed by atoms with Gasteiger partial charge in [0, 0.05) is 6.04 Å². The third-order valence-electron chi connectivity index (χ3n) is 3.06. The number of hydrogen-bond acceptors (Lipinski definition) is 1. The number of aryl methyl sites for hydroxylation is 1. The Morgan fingerprint density at radius 2 is 1.69 bits per heavy atom. The van der Waals surface area contributed by atoms with Crippen molar-refractivity contribution in [3.8, 4) is 0 Å². The van der Waals surface area contributed by atoms with Crippen LogP contribution in [0.15, 0.2) is 24.3 Å². The van der Waals surface area contributed by atoms with Gasteiger partial charge in [0.25, 0.3) is 0 Å². The Morgan fingerprint density at radius 1 is 1.12 bits per heavy atom. The molecule has 0 bridgehead atoms. The summed E-state index contributed by atoms with van der Waals surface area (Å²) in [5.41, 5.74) is 3.06. The van der Waals surface area contributed by atoms with E-state index in [1.807, 2.05) is 0 Å². The van der Waals surface area contributed by atoms with Gasteiger partial charge in [-0.1, -0.05) is 57.5 Å². The third-order valence-corrected chi connectivity index (χ3v) is 3.06. The molecule has 0 saturated heterocycles. The second kappa shape index (κ2) is 5.49. The van der Waals surface area contributed by atoms with Crippen molar-refractivity contribution in [3.05, 3.63) is 35.4 Å². The lowest BCUT2D eigenvalue weighted by atomic mass is 9.83. The van der Waals surface area contributed by atoms with Crippen LogP contribution < -0.4 is 5.32 Å². The van der Waals surface area contributed by atoms with Gasteiger partial charge in [0.1, 0.15) is 0 Å². The molecule has 0 spiro atoms. The van der Waals surface area contributed by atoms with Gasteiger partial charge in [-0.15, -0.1) is 0 Å². The topological polar surface area (TPSA) is 12.0 Å². The van der Waals surface area contributed by atoms with Crippen LogP contribution in [0.2, 0.25) is 0 Å². The van der Waals surface area contributed by atoms with Crippen molar-refractivity contribution in [2.75, 3.05) is 6.54 Å². The second-order valence-corrected chi connectivity index (χ2v) is 5.67. The molecule has 0 aliphatic heterocycles. The van der Waals surface area contributed by atoms with E-state index in [0.29, 0.717) is 11.5 Å². The molecule has 1 heteroatoms. The molecule has 0 saturated carbocycles. The van der Waals surface area contributed by atoms with Crippen LogP contribution in [0.3, 0.4) is 0 Å². The van der Waals surface area contributed by atoms with Crippen LogP contribution in [-0.2, 0) is 6.42 Å². The van der Waals surface area contributed by atoms with Crippen molar-refractivity contribution >= 4 is 0 Å². The van der Waals surface area contributed by atoms with E-state index in [1.165, 1.54) is 11.1 Å². The summed E-state index contributed by atoms with van der Waals surface area (Å²) in [5, 5.41) is 3.59. The van der Waals surface area contributed by atoms with Gasteiger partial charge in [0.2, 0.25) is 0 Å². The Morgan fingerprint density at radius 3 is 2.12 bits per heavy atom. The van der Waals surface area contributed by atoms with Crippen molar-refractivity contribution in [2.24, 2.45) is 5.41 Å². The molecule has 1 N–H and O–H groups in total. The molecule has 0 heterocycles. The minimum absolute atomic E-state index is 0.306. The van der Waals surface area contributed by atoms with Crippen molar-refractivity contribution in [3.63, 3.8) is 0 Å². The van der Waals surface area contributed by atoms with E-state index in [4.69, 9.17) is 0 Å². The fourth-order valence-corrected chi connectivity index (χ4v) is 1.89. The largest absolute Gasteiger partial charge is 0.313 e. The minimum atomic E-state index is 0.306. The molecular formula is C15H25N. The van der Waals surface area contributed by atoms with E-state index >= 15 is 0 Å². The first-order valence-electron chi connectivity index (χ1n) is 6.22. The Balaban J connectivity index is 2.72. The summed E-state index contributed by atoms with van der Waals surface area (Å²) in [4.78, 5) is 0. The molecule has 1 aromatic rings. The highest BCUT2D eigenvalue weighted by Gasteiger charge is 2.23. The first kappa shape index (κ1) is 13.2. The zero-order valence-corrected chi connectivity index (χ0v) is 11.3. The molecule has 0 radical (unpaired) electrons. The van der Waals surface area contributed by atoms with Crippen LogP contribution in [0, 0.1) is 12.3 Å². The highest BCUT2D eigenvalue weighted by Crippen LogP contribution is 2.22. The summed E-state index contributed by atoms with van der Waals surface area (Å²) in [7, 11) is 0. The van der Waals surface area contributed by atoms with Gasteiger partial charge in [-0.2, -0.15) is 0 Å². The smallest absolute Gasteiger partial charge is 0.0156 e. The lowest BCUT2D eigenvalue weighted by Gasteiger charge is -2.31. The van der Waals surface area contributed by atoms with E-state index in [0.717, 1.165) is 13.0 Å². The average Bonchev–Trinajstić information content (AvgIpc) is 2.19. The van der Waals surface area contributed by atoms with Gasteiger partial charge in [0.05, 0.1) is 0 Å². The molecule has 1 unspecified atom stereocenters. The van der Waals surface area contributed by atoms with Gasteiger partial charge < -0.3 is 5.32 Å². The first-order chi connectivity index (χ1) is 7.43. The Hall–Kier alpha value is -0.820. The normalized spacial score (nSPS) is 13.8. The van der Waals surface area contributed by atoms with Gasteiger partial charge in [-0.05, 0) is 30.9 Å². The van der Waals surface area contributed by atoms with E-state index < -0.39 is 0 Å². The molecule has 1 nitrogen and oxygen atoms in total. The summed E-state index contributed by atoms with van der Waals surface area (Å²) >= 11 is 0. The van der Waals surface area contributed by atoms with Gasteiger partial charge in [0.15, 0.2) is 0 Å². The molecule has 0 aliphatic carbocycles. The molecule has 16 heavy (non-hydrogen) atoms. The van der Waals surface area contributed by atoms with E-state index in [2.05, 4.69) is 64.2 Å². The third kappa shape index (κ3) is 3.97. The van der Waals surface area contributed by atoms with Gasteiger partial charge in [-0.25, -0.2) is 0 Å². The molecule has 1 aromatic carbocycles. The average molecular weight is 219 g/mol.